The molecular formula is C15H15BrFN3O3S. The first-order chi connectivity index (χ1) is 11.4. The van der Waals surface area contributed by atoms with Crippen LogP contribution in [0, 0.1) is 5.82 Å². The summed E-state index contributed by atoms with van der Waals surface area (Å²) in [6.07, 6.45) is 4.20. The Morgan fingerprint density at radius 2 is 1.88 bits per heavy atom. The Morgan fingerprint density at radius 1 is 1.21 bits per heavy atom. The number of benzene rings is 1. The third-order valence-electron chi connectivity index (χ3n) is 3.66. The van der Waals surface area contributed by atoms with Gasteiger partial charge in [0.25, 0.3) is 0 Å². The number of halogens is 2. The zero-order valence-electron chi connectivity index (χ0n) is 12.6. The van der Waals surface area contributed by atoms with Gasteiger partial charge in [-0.1, -0.05) is 0 Å². The van der Waals surface area contributed by atoms with Crippen LogP contribution in [0.25, 0.3) is 0 Å². The predicted molar refractivity (Wildman–Crippen MR) is 88.5 cm³/mol. The predicted octanol–water partition coefficient (Wildman–Crippen LogP) is 2.61. The Hall–Kier alpha value is -1.58. The zero-order chi connectivity index (χ0) is 17.2. The second-order valence-electron chi connectivity index (χ2n) is 5.38. The molecule has 0 bridgehead atoms. The summed E-state index contributed by atoms with van der Waals surface area (Å²) in [6.45, 7) is 0.611. The van der Waals surface area contributed by atoms with Crippen molar-refractivity contribution in [3.05, 3.63) is 46.9 Å². The SMILES string of the molecule is O=S(=O)(c1ccc(F)cc1)N1CCCC(Oc2ncc(Br)cn2)C1. The first-order valence-corrected chi connectivity index (χ1v) is 9.58. The summed E-state index contributed by atoms with van der Waals surface area (Å²) in [6, 6.07) is 5.03. The summed E-state index contributed by atoms with van der Waals surface area (Å²) >= 11 is 3.24. The maximum Gasteiger partial charge on any atom is 0.316 e. The van der Waals surface area contributed by atoms with Gasteiger partial charge >= 0.3 is 6.01 Å². The standard InChI is InChI=1S/C15H15BrFN3O3S/c16-11-8-18-15(19-9-11)23-13-2-1-7-20(10-13)24(21,22)14-5-3-12(17)4-6-14/h3-6,8-9,13H,1-2,7,10H2. The molecule has 1 unspecified atom stereocenters. The molecule has 2 heterocycles. The van der Waals surface area contributed by atoms with Crippen LogP contribution in [0.3, 0.4) is 0 Å². The average molecular weight is 416 g/mol. The fraction of sp³-hybridized carbons (Fsp3) is 0.333. The van der Waals surface area contributed by atoms with Crippen molar-refractivity contribution in [2.24, 2.45) is 0 Å². The monoisotopic (exact) mass is 415 g/mol. The number of hydrogen-bond acceptors (Lipinski definition) is 5. The van der Waals surface area contributed by atoms with Crippen LogP contribution >= 0.6 is 15.9 Å². The van der Waals surface area contributed by atoms with E-state index in [4.69, 9.17) is 4.74 Å². The van der Waals surface area contributed by atoms with E-state index in [1.165, 1.54) is 16.4 Å². The lowest BCUT2D eigenvalue weighted by Crippen LogP contribution is -2.44. The van der Waals surface area contributed by atoms with Gasteiger partial charge in [0.15, 0.2) is 0 Å². The van der Waals surface area contributed by atoms with Gasteiger partial charge in [-0.2, -0.15) is 4.31 Å². The van der Waals surface area contributed by atoms with E-state index in [0.29, 0.717) is 13.0 Å². The molecule has 1 atom stereocenters. The number of ether oxygens (including phenoxy) is 1. The molecule has 1 aliphatic rings. The first kappa shape index (κ1) is 17.2. The molecule has 3 rings (SSSR count). The van der Waals surface area contributed by atoms with Crippen LogP contribution in [-0.2, 0) is 10.0 Å². The Bertz CT molecular complexity index is 800. The van der Waals surface area contributed by atoms with Crippen LogP contribution in [-0.4, -0.2) is 41.9 Å². The molecule has 0 amide bonds. The third-order valence-corrected chi connectivity index (χ3v) is 5.95. The molecule has 0 aliphatic carbocycles. The van der Waals surface area contributed by atoms with E-state index < -0.39 is 15.8 Å². The molecule has 6 nitrogen and oxygen atoms in total. The lowest BCUT2D eigenvalue weighted by molar-refractivity contribution is 0.119. The van der Waals surface area contributed by atoms with Gasteiger partial charge in [-0.15, -0.1) is 0 Å². The first-order valence-electron chi connectivity index (χ1n) is 7.35. The zero-order valence-corrected chi connectivity index (χ0v) is 15.0. The van der Waals surface area contributed by atoms with E-state index in [9.17, 15) is 12.8 Å². The van der Waals surface area contributed by atoms with Crippen molar-refractivity contribution in [3.63, 3.8) is 0 Å². The van der Waals surface area contributed by atoms with Gasteiger partial charge in [-0.05, 0) is 53.0 Å². The van der Waals surface area contributed by atoms with Gasteiger partial charge in [0.05, 0.1) is 15.9 Å². The lowest BCUT2D eigenvalue weighted by atomic mass is 10.1. The number of hydrogen-bond donors (Lipinski definition) is 0. The largest absolute Gasteiger partial charge is 0.459 e. The maximum atomic E-state index is 13.0. The van der Waals surface area contributed by atoms with Crippen LogP contribution in [0.2, 0.25) is 0 Å². The van der Waals surface area contributed by atoms with E-state index in [0.717, 1.165) is 23.0 Å². The average Bonchev–Trinajstić information content (AvgIpc) is 2.58. The highest BCUT2D eigenvalue weighted by molar-refractivity contribution is 9.10. The van der Waals surface area contributed by atoms with E-state index in [-0.39, 0.29) is 23.6 Å². The van der Waals surface area contributed by atoms with Gasteiger partial charge in [-0.25, -0.2) is 22.8 Å². The molecule has 9 heteroatoms. The van der Waals surface area contributed by atoms with Crippen molar-refractivity contribution in [1.29, 1.82) is 0 Å². The minimum Gasteiger partial charge on any atom is -0.459 e. The Morgan fingerprint density at radius 3 is 2.54 bits per heavy atom. The second kappa shape index (κ2) is 7.12. The maximum absolute atomic E-state index is 13.0. The van der Waals surface area contributed by atoms with Crippen molar-refractivity contribution in [2.75, 3.05) is 13.1 Å². The molecule has 2 aromatic rings. The molecule has 0 radical (unpaired) electrons. The number of sulfonamides is 1. The van der Waals surface area contributed by atoms with Crippen LogP contribution < -0.4 is 4.74 Å². The minimum atomic E-state index is -3.67. The highest BCUT2D eigenvalue weighted by Crippen LogP contribution is 2.23. The summed E-state index contributed by atoms with van der Waals surface area (Å²) in [5.74, 6) is -0.471. The van der Waals surface area contributed by atoms with E-state index >= 15 is 0 Å². The topological polar surface area (TPSA) is 72.4 Å². The smallest absolute Gasteiger partial charge is 0.316 e. The van der Waals surface area contributed by atoms with Crippen molar-refractivity contribution < 1.29 is 17.5 Å². The molecule has 0 spiro atoms. The molecule has 1 saturated heterocycles. The van der Waals surface area contributed by atoms with Crippen molar-refractivity contribution in [1.82, 2.24) is 14.3 Å². The Kier molecular flexibility index (Phi) is 5.12. The second-order valence-corrected chi connectivity index (χ2v) is 8.24. The fourth-order valence-corrected chi connectivity index (χ4v) is 4.20. The highest BCUT2D eigenvalue weighted by Gasteiger charge is 2.31. The van der Waals surface area contributed by atoms with E-state index in [1.807, 2.05) is 0 Å². The summed E-state index contributed by atoms with van der Waals surface area (Å²) in [5, 5.41) is 0. The number of piperidine rings is 1. The summed E-state index contributed by atoms with van der Waals surface area (Å²) < 4.78 is 46.1. The molecule has 1 aliphatic heterocycles. The van der Waals surface area contributed by atoms with Crippen molar-refractivity contribution in [3.8, 4) is 6.01 Å². The molecule has 1 aromatic carbocycles. The molecule has 128 valence electrons. The van der Waals surface area contributed by atoms with E-state index in [2.05, 4.69) is 25.9 Å². The summed E-state index contributed by atoms with van der Waals surface area (Å²) in [4.78, 5) is 8.15. The molecule has 1 aromatic heterocycles. The van der Waals surface area contributed by atoms with Crippen molar-refractivity contribution >= 4 is 26.0 Å². The number of nitrogens with zero attached hydrogens (tertiary/aromatic N) is 3. The van der Waals surface area contributed by atoms with Gasteiger partial charge in [0.1, 0.15) is 11.9 Å². The van der Waals surface area contributed by atoms with Crippen molar-refractivity contribution in [2.45, 2.75) is 23.8 Å². The number of rotatable bonds is 4. The molecule has 1 fully saturated rings. The normalized spacial score (nSPS) is 19.2. The summed E-state index contributed by atoms with van der Waals surface area (Å²) in [7, 11) is -3.67. The Labute approximate surface area is 147 Å². The van der Waals surface area contributed by atoms with Gasteiger partial charge < -0.3 is 4.74 Å². The lowest BCUT2D eigenvalue weighted by Gasteiger charge is -2.31. The summed E-state index contributed by atoms with van der Waals surface area (Å²) in [5.41, 5.74) is 0. The van der Waals surface area contributed by atoms with Crippen LogP contribution in [0.15, 0.2) is 46.0 Å². The molecule has 24 heavy (non-hydrogen) atoms. The van der Waals surface area contributed by atoms with Crippen LogP contribution in [0.1, 0.15) is 12.8 Å². The van der Waals surface area contributed by atoms with Crippen LogP contribution in [0.5, 0.6) is 6.01 Å². The fourth-order valence-electron chi connectivity index (χ4n) is 2.49. The minimum absolute atomic E-state index is 0.0736. The van der Waals surface area contributed by atoms with Gasteiger partial charge in [0, 0.05) is 18.9 Å². The Balaban J connectivity index is 1.72. The third kappa shape index (κ3) is 3.90. The van der Waals surface area contributed by atoms with Crippen LogP contribution in [0.4, 0.5) is 4.39 Å². The van der Waals surface area contributed by atoms with E-state index in [1.54, 1.807) is 12.4 Å². The molecular weight excluding hydrogens is 401 g/mol. The quantitative estimate of drug-likeness (QED) is 0.767. The molecule has 0 N–H and O–H groups in total. The molecule has 0 saturated carbocycles. The highest BCUT2D eigenvalue weighted by atomic mass is 79.9. The van der Waals surface area contributed by atoms with Gasteiger partial charge in [-0.3, -0.25) is 0 Å². The number of aromatic nitrogens is 2. The van der Waals surface area contributed by atoms with Gasteiger partial charge in [0.2, 0.25) is 10.0 Å².